The number of carbonyl (C=O) groups excluding carboxylic acids is 1. The van der Waals surface area contributed by atoms with Gasteiger partial charge in [-0.2, -0.15) is 0 Å². The Bertz CT molecular complexity index is 555. The lowest BCUT2D eigenvalue weighted by Gasteiger charge is -2.19. The Balaban J connectivity index is 1.71. The summed E-state index contributed by atoms with van der Waals surface area (Å²) in [6, 6.07) is 5.49. The number of carbonyl (C=O) groups is 1. The molecule has 1 aliphatic carbocycles. The Labute approximate surface area is 137 Å². The highest BCUT2D eigenvalue weighted by molar-refractivity contribution is 5.95. The van der Waals surface area contributed by atoms with E-state index in [0.717, 1.165) is 38.1 Å². The summed E-state index contributed by atoms with van der Waals surface area (Å²) in [6.45, 7) is 2.17. The molecule has 1 heterocycles. The second-order valence-corrected chi connectivity index (χ2v) is 6.53. The molecule has 1 aromatic carbocycles. The summed E-state index contributed by atoms with van der Waals surface area (Å²) in [7, 11) is 1.62. The van der Waals surface area contributed by atoms with Gasteiger partial charge in [-0.05, 0) is 62.8 Å². The van der Waals surface area contributed by atoms with Crippen LogP contribution in [0.2, 0.25) is 0 Å². The lowest BCUT2D eigenvalue weighted by molar-refractivity contribution is 0.0787. The maximum Gasteiger partial charge on any atom is 0.254 e. The van der Waals surface area contributed by atoms with E-state index in [1.54, 1.807) is 13.2 Å². The molecule has 0 radical (unpaired) electrons. The molecule has 1 aromatic rings. The van der Waals surface area contributed by atoms with Gasteiger partial charge in [0, 0.05) is 18.7 Å². The molecule has 5 nitrogen and oxygen atoms in total. The largest absolute Gasteiger partial charge is 0.493 e. The molecule has 3 rings (SSSR count). The molecular formula is C18H26N2O3. The molecule has 2 aliphatic rings. The molecule has 2 N–H and O–H groups in total. The predicted molar refractivity (Wildman–Crippen MR) is 88.9 cm³/mol. The first-order valence-electron chi connectivity index (χ1n) is 8.55. The van der Waals surface area contributed by atoms with Gasteiger partial charge in [0.1, 0.15) is 0 Å². The summed E-state index contributed by atoms with van der Waals surface area (Å²) in [4.78, 5) is 14.5. The highest BCUT2D eigenvalue weighted by atomic mass is 16.5. The van der Waals surface area contributed by atoms with Crippen molar-refractivity contribution in [2.24, 2.45) is 11.7 Å². The number of benzene rings is 1. The van der Waals surface area contributed by atoms with Gasteiger partial charge in [-0.25, -0.2) is 0 Å². The van der Waals surface area contributed by atoms with E-state index in [9.17, 15) is 4.79 Å². The van der Waals surface area contributed by atoms with E-state index >= 15 is 0 Å². The van der Waals surface area contributed by atoms with E-state index in [1.165, 1.54) is 12.8 Å². The van der Waals surface area contributed by atoms with Crippen molar-refractivity contribution >= 4 is 5.91 Å². The molecule has 1 aliphatic heterocycles. The van der Waals surface area contributed by atoms with Crippen molar-refractivity contribution in [2.75, 3.05) is 26.7 Å². The Morgan fingerprint density at radius 1 is 1.26 bits per heavy atom. The summed E-state index contributed by atoms with van der Waals surface area (Å²) in [5, 5.41) is 0. The minimum Gasteiger partial charge on any atom is -0.493 e. The number of rotatable bonds is 5. The van der Waals surface area contributed by atoms with Gasteiger partial charge in [0.25, 0.3) is 5.91 Å². The molecule has 0 unspecified atom stereocenters. The predicted octanol–water partition coefficient (Wildman–Crippen LogP) is 2.44. The fraction of sp³-hybridized carbons (Fsp3) is 0.611. The van der Waals surface area contributed by atoms with Crippen LogP contribution in [0.25, 0.3) is 0 Å². The Hall–Kier alpha value is -1.75. The van der Waals surface area contributed by atoms with Gasteiger partial charge < -0.3 is 20.1 Å². The Morgan fingerprint density at radius 3 is 2.70 bits per heavy atom. The lowest BCUT2D eigenvalue weighted by atomic mass is 10.1. The first-order valence-corrected chi connectivity index (χ1v) is 8.55. The molecular weight excluding hydrogens is 292 g/mol. The SMILES string of the molecule is COc1cc(C(=O)N2CC[C@H](CN)C2)ccc1OC1CCCC1. The van der Waals surface area contributed by atoms with Gasteiger partial charge in [0.15, 0.2) is 11.5 Å². The van der Waals surface area contributed by atoms with E-state index in [4.69, 9.17) is 15.2 Å². The molecule has 1 atom stereocenters. The third-order valence-electron chi connectivity index (χ3n) is 4.91. The molecule has 1 amide bonds. The van der Waals surface area contributed by atoms with Crippen molar-refractivity contribution in [3.63, 3.8) is 0 Å². The maximum atomic E-state index is 12.6. The molecule has 0 spiro atoms. The monoisotopic (exact) mass is 318 g/mol. The first kappa shape index (κ1) is 16.1. The van der Waals surface area contributed by atoms with E-state index in [0.29, 0.717) is 23.8 Å². The zero-order valence-corrected chi connectivity index (χ0v) is 13.8. The average Bonchev–Trinajstić information content (AvgIpc) is 3.26. The number of methoxy groups -OCH3 is 1. The van der Waals surface area contributed by atoms with Crippen LogP contribution in [-0.4, -0.2) is 43.7 Å². The second kappa shape index (κ2) is 7.21. The zero-order chi connectivity index (χ0) is 16.2. The van der Waals surface area contributed by atoms with Gasteiger partial charge in [-0.1, -0.05) is 0 Å². The van der Waals surface area contributed by atoms with Crippen LogP contribution < -0.4 is 15.2 Å². The minimum atomic E-state index is 0.0478. The van der Waals surface area contributed by atoms with Gasteiger partial charge in [-0.3, -0.25) is 4.79 Å². The second-order valence-electron chi connectivity index (χ2n) is 6.53. The number of hydrogen-bond donors (Lipinski definition) is 1. The molecule has 0 bridgehead atoms. The highest BCUT2D eigenvalue weighted by Gasteiger charge is 2.27. The molecule has 5 heteroatoms. The number of nitrogens with zero attached hydrogens (tertiary/aromatic N) is 1. The first-order chi connectivity index (χ1) is 11.2. The van der Waals surface area contributed by atoms with Crippen LogP contribution in [0, 0.1) is 5.92 Å². The van der Waals surface area contributed by atoms with Gasteiger partial charge in [-0.15, -0.1) is 0 Å². The minimum absolute atomic E-state index is 0.0478. The molecule has 0 aromatic heterocycles. The summed E-state index contributed by atoms with van der Waals surface area (Å²) in [6.07, 6.45) is 5.90. The van der Waals surface area contributed by atoms with E-state index in [2.05, 4.69) is 0 Å². The van der Waals surface area contributed by atoms with Crippen molar-refractivity contribution in [1.82, 2.24) is 4.90 Å². The molecule has 23 heavy (non-hydrogen) atoms. The maximum absolute atomic E-state index is 12.6. The van der Waals surface area contributed by atoms with Crippen molar-refractivity contribution in [3.05, 3.63) is 23.8 Å². The van der Waals surface area contributed by atoms with Crippen molar-refractivity contribution < 1.29 is 14.3 Å². The fourth-order valence-electron chi connectivity index (χ4n) is 3.48. The number of nitrogens with two attached hydrogens (primary N) is 1. The van der Waals surface area contributed by atoms with Gasteiger partial charge >= 0.3 is 0 Å². The summed E-state index contributed by atoms with van der Waals surface area (Å²) < 4.78 is 11.5. The van der Waals surface area contributed by atoms with Crippen molar-refractivity contribution in [3.8, 4) is 11.5 Å². The molecule has 1 saturated heterocycles. The van der Waals surface area contributed by atoms with Gasteiger partial charge in [0.2, 0.25) is 0 Å². The van der Waals surface area contributed by atoms with E-state index in [1.807, 2.05) is 17.0 Å². The van der Waals surface area contributed by atoms with Crippen LogP contribution in [0.5, 0.6) is 11.5 Å². The molecule has 2 fully saturated rings. The van der Waals surface area contributed by atoms with Crippen LogP contribution in [0.4, 0.5) is 0 Å². The van der Waals surface area contributed by atoms with E-state index < -0.39 is 0 Å². The molecule has 1 saturated carbocycles. The third-order valence-corrected chi connectivity index (χ3v) is 4.91. The lowest BCUT2D eigenvalue weighted by Crippen LogP contribution is -2.29. The van der Waals surface area contributed by atoms with Crippen molar-refractivity contribution in [1.29, 1.82) is 0 Å². The summed E-state index contributed by atoms with van der Waals surface area (Å²) in [5.74, 6) is 1.84. The number of hydrogen-bond acceptors (Lipinski definition) is 4. The number of likely N-dealkylation sites (tertiary alicyclic amines) is 1. The van der Waals surface area contributed by atoms with Crippen molar-refractivity contribution in [2.45, 2.75) is 38.2 Å². The smallest absolute Gasteiger partial charge is 0.254 e. The normalized spacial score (nSPS) is 21.7. The third kappa shape index (κ3) is 3.61. The Morgan fingerprint density at radius 2 is 2.04 bits per heavy atom. The highest BCUT2D eigenvalue weighted by Crippen LogP contribution is 2.33. The van der Waals surface area contributed by atoms with Crippen LogP contribution in [0.1, 0.15) is 42.5 Å². The number of amides is 1. The zero-order valence-electron chi connectivity index (χ0n) is 13.8. The van der Waals surface area contributed by atoms with Crippen LogP contribution in [0.15, 0.2) is 18.2 Å². The molecule has 126 valence electrons. The van der Waals surface area contributed by atoms with Crippen LogP contribution in [-0.2, 0) is 0 Å². The summed E-state index contributed by atoms with van der Waals surface area (Å²) >= 11 is 0. The average molecular weight is 318 g/mol. The van der Waals surface area contributed by atoms with Crippen LogP contribution in [0.3, 0.4) is 0 Å². The topological polar surface area (TPSA) is 64.8 Å². The van der Waals surface area contributed by atoms with Crippen LogP contribution >= 0.6 is 0 Å². The number of ether oxygens (including phenoxy) is 2. The Kier molecular flexibility index (Phi) is 5.06. The fourth-order valence-corrected chi connectivity index (χ4v) is 3.48. The van der Waals surface area contributed by atoms with Gasteiger partial charge in [0.05, 0.1) is 13.2 Å². The van der Waals surface area contributed by atoms with E-state index in [-0.39, 0.29) is 12.0 Å². The standard InChI is InChI=1S/C18H26N2O3/c1-22-17-10-14(18(21)20-9-8-13(11-19)12-20)6-7-16(17)23-15-4-2-3-5-15/h6-7,10,13,15H,2-5,8-9,11-12,19H2,1H3/t13-/m1/s1. The quantitative estimate of drug-likeness (QED) is 0.905. The summed E-state index contributed by atoms with van der Waals surface area (Å²) in [5.41, 5.74) is 6.35.